The lowest BCUT2D eigenvalue weighted by Crippen LogP contribution is -2.45. The smallest absolute Gasteiger partial charge is 0.423 e. The second-order valence-electron chi connectivity index (χ2n) is 3.62. The second kappa shape index (κ2) is 7.46. The summed E-state index contributed by atoms with van der Waals surface area (Å²) in [6, 6.07) is 0. The van der Waals surface area contributed by atoms with Gasteiger partial charge >= 0.3 is 18.3 Å². The van der Waals surface area contributed by atoms with Crippen molar-refractivity contribution < 1.29 is 45.4 Å². The summed E-state index contributed by atoms with van der Waals surface area (Å²) in [5.74, 6) is -1.83. The van der Waals surface area contributed by atoms with Crippen LogP contribution in [-0.2, 0) is 19.1 Å². The molecule has 10 heteroatoms. The zero-order valence-electron chi connectivity index (χ0n) is 10.3. The molecule has 0 saturated heterocycles. The van der Waals surface area contributed by atoms with Gasteiger partial charge in [-0.1, -0.05) is 0 Å². The average molecular weight is 310 g/mol. The standard InChI is InChI=1S/C10H12F6O4/c1-2-19-7(18)4-3-6(17)5-20-8(9(11,12)13)10(14,15)16/h8H,2-5H2,1H3. The first kappa shape index (κ1) is 18.7. The summed E-state index contributed by atoms with van der Waals surface area (Å²) < 4.78 is 80.3. The van der Waals surface area contributed by atoms with Crippen molar-refractivity contribution in [3.8, 4) is 0 Å². The van der Waals surface area contributed by atoms with Crippen LogP contribution in [0.3, 0.4) is 0 Å². The highest BCUT2D eigenvalue weighted by Crippen LogP contribution is 2.35. The number of halogens is 6. The summed E-state index contributed by atoms with van der Waals surface area (Å²) in [7, 11) is 0. The van der Waals surface area contributed by atoms with Gasteiger partial charge in [-0.15, -0.1) is 0 Å². The number of ketones is 1. The molecule has 20 heavy (non-hydrogen) atoms. The van der Waals surface area contributed by atoms with E-state index in [0.29, 0.717) is 0 Å². The van der Waals surface area contributed by atoms with Crippen molar-refractivity contribution in [3.63, 3.8) is 0 Å². The molecule has 0 aliphatic rings. The first-order valence-electron chi connectivity index (χ1n) is 5.40. The fraction of sp³-hybridized carbons (Fsp3) is 0.800. The molecule has 0 aromatic rings. The van der Waals surface area contributed by atoms with Gasteiger partial charge in [0.25, 0.3) is 0 Å². The lowest BCUT2D eigenvalue weighted by atomic mass is 10.2. The van der Waals surface area contributed by atoms with E-state index in [1.807, 2.05) is 0 Å². The third kappa shape index (κ3) is 7.31. The Morgan fingerprint density at radius 3 is 1.90 bits per heavy atom. The van der Waals surface area contributed by atoms with E-state index >= 15 is 0 Å². The van der Waals surface area contributed by atoms with Crippen LogP contribution >= 0.6 is 0 Å². The van der Waals surface area contributed by atoms with Crippen LogP contribution in [0.2, 0.25) is 0 Å². The third-order valence-electron chi connectivity index (χ3n) is 1.92. The Morgan fingerprint density at radius 2 is 1.50 bits per heavy atom. The molecule has 0 aromatic heterocycles. The number of alkyl halides is 6. The van der Waals surface area contributed by atoms with Crippen molar-refractivity contribution in [2.75, 3.05) is 13.2 Å². The molecule has 0 radical (unpaired) electrons. The Morgan fingerprint density at radius 1 is 1.00 bits per heavy atom. The number of carbonyl (C=O) groups is 2. The first-order chi connectivity index (χ1) is 8.98. The zero-order valence-corrected chi connectivity index (χ0v) is 10.3. The SMILES string of the molecule is CCOC(=O)CCC(=O)COC(C(F)(F)F)C(F)(F)F. The molecule has 0 aliphatic carbocycles. The molecule has 0 bridgehead atoms. The Labute approximate surface area is 110 Å². The van der Waals surface area contributed by atoms with Gasteiger partial charge in [-0.3, -0.25) is 9.59 Å². The molecule has 0 heterocycles. The molecular formula is C10H12F6O4. The van der Waals surface area contributed by atoms with Crippen LogP contribution in [0.5, 0.6) is 0 Å². The van der Waals surface area contributed by atoms with Gasteiger partial charge in [0.05, 0.1) is 13.0 Å². The molecule has 4 nitrogen and oxygen atoms in total. The summed E-state index contributed by atoms with van der Waals surface area (Å²) in [5.41, 5.74) is 0. The number of hydrogen-bond acceptors (Lipinski definition) is 4. The van der Waals surface area contributed by atoms with Crippen LogP contribution in [0.25, 0.3) is 0 Å². The first-order valence-corrected chi connectivity index (χ1v) is 5.40. The number of hydrogen-bond donors (Lipinski definition) is 0. The molecule has 0 amide bonds. The Kier molecular flexibility index (Phi) is 6.97. The molecular weight excluding hydrogens is 298 g/mol. The molecule has 0 atom stereocenters. The van der Waals surface area contributed by atoms with Gasteiger partial charge in [-0.05, 0) is 6.92 Å². The number of carbonyl (C=O) groups excluding carboxylic acids is 2. The van der Waals surface area contributed by atoms with Gasteiger partial charge in [-0.2, -0.15) is 26.3 Å². The Hall–Kier alpha value is -1.32. The summed E-state index contributed by atoms with van der Waals surface area (Å²) >= 11 is 0. The highest BCUT2D eigenvalue weighted by atomic mass is 19.4. The fourth-order valence-electron chi connectivity index (χ4n) is 1.10. The van der Waals surface area contributed by atoms with E-state index in [-0.39, 0.29) is 6.61 Å². The average Bonchev–Trinajstić information content (AvgIpc) is 2.23. The number of Topliss-reactive ketones (excluding diaryl/α,β-unsaturated/α-hetero) is 1. The van der Waals surface area contributed by atoms with Crippen molar-refractivity contribution >= 4 is 11.8 Å². The van der Waals surface area contributed by atoms with Crippen molar-refractivity contribution in [2.24, 2.45) is 0 Å². The van der Waals surface area contributed by atoms with E-state index in [4.69, 9.17) is 0 Å². The van der Waals surface area contributed by atoms with Gasteiger partial charge < -0.3 is 9.47 Å². The molecule has 0 fully saturated rings. The topological polar surface area (TPSA) is 52.6 Å². The molecule has 0 aromatic carbocycles. The lowest BCUT2D eigenvalue weighted by Gasteiger charge is -2.22. The van der Waals surface area contributed by atoms with E-state index in [9.17, 15) is 35.9 Å². The molecule has 0 aliphatic heterocycles. The van der Waals surface area contributed by atoms with Gasteiger partial charge in [0.2, 0.25) is 6.10 Å². The van der Waals surface area contributed by atoms with E-state index in [1.54, 1.807) is 0 Å². The monoisotopic (exact) mass is 310 g/mol. The maximum absolute atomic E-state index is 12.1. The fourth-order valence-corrected chi connectivity index (χ4v) is 1.10. The van der Waals surface area contributed by atoms with Crippen molar-refractivity contribution in [3.05, 3.63) is 0 Å². The minimum atomic E-state index is -5.67. The lowest BCUT2D eigenvalue weighted by molar-refractivity contribution is -0.319. The van der Waals surface area contributed by atoms with Gasteiger partial charge in [0, 0.05) is 6.42 Å². The maximum atomic E-state index is 12.1. The molecule has 0 unspecified atom stereocenters. The zero-order chi connectivity index (χ0) is 16.0. The van der Waals surface area contributed by atoms with Crippen LogP contribution in [0.1, 0.15) is 19.8 Å². The quantitative estimate of drug-likeness (QED) is 0.535. The molecule has 0 rings (SSSR count). The van der Waals surface area contributed by atoms with Gasteiger partial charge in [-0.25, -0.2) is 0 Å². The number of ether oxygens (including phenoxy) is 2. The summed E-state index contributed by atoms with van der Waals surface area (Å²) in [6.45, 7) is 0.164. The molecule has 0 spiro atoms. The Bertz CT molecular complexity index is 322. The number of esters is 1. The van der Waals surface area contributed by atoms with E-state index < -0.39 is 49.7 Å². The van der Waals surface area contributed by atoms with Crippen LogP contribution in [0.4, 0.5) is 26.3 Å². The summed E-state index contributed by atoms with van der Waals surface area (Å²) in [4.78, 5) is 21.9. The van der Waals surface area contributed by atoms with Crippen LogP contribution in [0.15, 0.2) is 0 Å². The van der Waals surface area contributed by atoms with E-state index in [1.165, 1.54) is 6.92 Å². The van der Waals surface area contributed by atoms with E-state index in [2.05, 4.69) is 9.47 Å². The van der Waals surface area contributed by atoms with Crippen molar-refractivity contribution in [2.45, 2.75) is 38.2 Å². The van der Waals surface area contributed by atoms with Gasteiger partial charge in [0.15, 0.2) is 5.78 Å². The summed E-state index contributed by atoms with van der Waals surface area (Å²) in [5, 5.41) is 0. The largest absolute Gasteiger partial charge is 0.466 e. The second-order valence-corrected chi connectivity index (χ2v) is 3.62. The van der Waals surface area contributed by atoms with Crippen LogP contribution < -0.4 is 0 Å². The minimum Gasteiger partial charge on any atom is -0.466 e. The minimum absolute atomic E-state index is 0.0494. The maximum Gasteiger partial charge on any atom is 0.423 e. The highest BCUT2D eigenvalue weighted by Gasteiger charge is 2.58. The summed E-state index contributed by atoms with van der Waals surface area (Å²) in [6.07, 6.45) is -16.3. The predicted molar refractivity (Wildman–Crippen MR) is 52.7 cm³/mol. The van der Waals surface area contributed by atoms with Crippen molar-refractivity contribution in [1.82, 2.24) is 0 Å². The molecule has 0 saturated carbocycles. The van der Waals surface area contributed by atoms with Crippen LogP contribution in [-0.4, -0.2) is 43.4 Å². The van der Waals surface area contributed by atoms with Crippen LogP contribution in [0, 0.1) is 0 Å². The molecule has 0 N–H and O–H groups in total. The number of rotatable bonds is 7. The van der Waals surface area contributed by atoms with Crippen molar-refractivity contribution in [1.29, 1.82) is 0 Å². The Balaban J connectivity index is 4.30. The van der Waals surface area contributed by atoms with Gasteiger partial charge in [0.1, 0.15) is 6.61 Å². The highest BCUT2D eigenvalue weighted by molar-refractivity contribution is 5.83. The molecule has 118 valence electrons. The normalized spacial score (nSPS) is 12.6. The third-order valence-corrected chi connectivity index (χ3v) is 1.92. The predicted octanol–water partition coefficient (Wildman–Crippen LogP) is 2.41. The van der Waals surface area contributed by atoms with E-state index in [0.717, 1.165) is 0 Å².